The summed E-state index contributed by atoms with van der Waals surface area (Å²) >= 11 is 0. The van der Waals surface area contributed by atoms with Crippen LogP contribution in [0.15, 0.2) is 18.2 Å². The first-order valence-electron chi connectivity index (χ1n) is 8.10. The van der Waals surface area contributed by atoms with Crippen LogP contribution in [0.1, 0.15) is 19.8 Å². The maximum absolute atomic E-state index is 12.3. The van der Waals surface area contributed by atoms with E-state index in [2.05, 4.69) is 10.6 Å². The van der Waals surface area contributed by atoms with E-state index in [4.69, 9.17) is 4.74 Å². The van der Waals surface area contributed by atoms with Gasteiger partial charge in [-0.05, 0) is 37.6 Å². The van der Waals surface area contributed by atoms with Gasteiger partial charge in [-0.25, -0.2) is 0 Å². The molecule has 1 aromatic rings. The maximum Gasteiger partial charge on any atom is 0.227 e. The number of benzene rings is 1. The van der Waals surface area contributed by atoms with Crippen LogP contribution in [0.4, 0.5) is 11.4 Å². The number of halogens is 1. The van der Waals surface area contributed by atoms with Crippen LogP contribution in [-0.2, 0) is 9.59 Å². The minimum absolute atomic E-state index is 0. The number of amides is 2. The van der Waals surface area contributed by atoms with E-state index in [1.54, 1.807) is 18.1 Å². The topological polar surface area (TPSA) is 70.7 Å². The Hall–Kier alpha value is -1.79. The van der Waals surface area contributed by atoms with Crippen molar-refractivity contribution in [2.75, 3.05) is 37.0 Å². The van der Waals surface area contributed by atoms with Crippen molar-refractivity contribution in [3.63, 3.8) is 0 Å². The van der Waals surface area contributed by atoms with Crippen LogP contribution < -0.4 is 20.3 Å². The number of rotatable bonds is 5. The van der Waals surface area contributed by atoms with E-state index in [0.717, 1.165) is 25.2 Å². The van der Waals surface area contributed by atoms with Crippen LogP contribution in [-0.4, -0.2) is 38.6 Å². The smallest absolute Gasteiger partial charge is 0.227 e. The highest BCUT2D eigenvalue weighted by Crippen LogP contribution is 2.34. The van der Waals surface area contributed by atoms with Gasteiger partial charge >= 0.3 is 0 Å². The summed E-state index contributed by atoms with van der Waals surface area (Å²) in [4.78, 5) is 25.9. The lowest BCUT2D eigenvalue weighted by Crippen LogP contribution is -2.48. The Balaban J connectivity index is 0.00000208. The molecular formula is C17H24ClN3O3. The highest BCUT2D eigenvalue weighted by Gasteiger charge is 2.29. The lowest BCUT2D eigenvalue weighted by molar-refractivity contribution is -0.121. The number of nitrogens with zero attached hydrogens (tertiary/aromatic N) is 1. The minimum atomic E-state index is -0.0259. The molecule has 1 unspecified atom stereocenters. The van der Waals surface area contributed by atoms with Crippen molar-refractivity contribution >= 4 is 35.6 Å². The van der Waals surface area contributed by atoms with Gasteiger partial charge in [-0.15, -0.1) is 12.4 Å². The van der Waals surface area contributed by atoms with E-state index in [0.29, 0.717) is 30.3 Å². The first kappa shape index (κ1) is 18.5. The highest BCUT2D eigenvalue weighted by atomic mass is 35.5. The molecule has 3 rings (SSSR count). The minimum Gasteiger partial charge on any atom is -0.494 e. The number of hydrogen-bond donors (Lipinski definition) is 2. The molecule has 2 N–H and O–H groups in total. The van der Waals surface area contributed by atoms with Crippen molar-refractivity contribution in [2.24, 2.45) is 11.8 Å². The van der Waals surface area contributed by atoms with Crippen LogP contribution in [0.5, 0.6) is 5.75 Å². The third kappa shape index (κ3) is 3.65. The van der Waals surface area contributed by atoms with Gasteiger partial charge in [-0.2, -0.15) is 0 Å². The van der Waals surface area contributed by atoms with E-state index in [1.807, 2.05) is 19.1 Å². The van der Waals surface area contributed by atoms with E-state index in [-0.39, 0.29) is 30.1 Å². The normalized spacial score (nSPS) is 18.6. The third-order valence-corrected chi connectivity index (χ3v) is 4.75. The Morgan fingerprint density at radius 3 is 2.71 bits per heavy atom. The summed E-state index contributed by atoms with van der Waals surface area (Å²) in [5.74, 6) is 1.12. The average Bonchev–Trinajstić information content (AvgIpc) is 2.91. The van der Waals surface area contributed by atoms with E-state index < -0.39 is 0 Å². The second kappa shape index (κ2) is 7.85. The molecule has 132 valence electrons. The molecule has 1 atom stereocenters. The molecule has 2 saturated heterocycles. The number of hydrogen-bond acceptors (Lipinski definition) is 4. The van der Waals surface area contributed by atoms with Crippen LogP contribution >= 0.6 is 12.4 Å². The van der Waals surface area contributed by atoms with E-state index >= 15 is 0 Å². The lowest BCUT2D eigenvalue weighted by atomic mass is 9.88. The lowest BCUT2D eigenvalue weighted by Gasteiger charge is -2.31. The quantitative estimate of drug-likeness (QED) is 0.849. The summed E-state index contributed by atoms with van der Waals surface area (Å²) in [5.41, 5.74) is 1.46. The largest absolute Gasteiger partial charge is 0.494 e. The Morgan fingerprint density at radius 1 is 1.42 bits per heavy atom. The predicted octanol–water partition coefficient (Wildman–Crippen LogP) is 2.04. The first-order valence-corrected chi connectivity index (χ1v) is 8.10. The zero-order valence-electron chi connectivity index (χ0n) is 14.0. The highest BCUT2D eigenvalue weighted by molar-refractivity contribution is 5.98. The van der Waals surface area contributed by atoms with Crippen LogP contribution in [0, 0.1) is 11.8 Å². The van der Waals surface area contributed by atoms with Gasteiger partial charge in [0.1, 0.15) is 5.75 Å². The van der Waals surface area contributed by atoms with Gasteiger partial charge in [0.05, 0.1) is 12.8 Å². The molecule has 0 aromatic heterocycles. The molecule has 0 spiro atoms. The average molecular weight is 354 g/mol. The Bertz CT molecular complexity index is 619. The Kier molecular flexibility index (Phi) is 6.07. The fourth-order valence-corrected chi connectivity index (χ4v) is 3.02. The number of nitrogens with one attached hydrogen (secondary N) is 2. The zero-order valence-corrected chi connectivity index (χ0v) is 14.8. The molecule has 1 aromatic carbocycles. The molecule has 2 aliphatic rings. The molecule has 0 aliphatic carbocycles. The van der Waals surface area contributed by atoms with Crippen molar-refractivity contribution < 1.29 is 14.3 Å². The standard InChI is InChI=1S/C17H23N3O3.ClH/c1-11(12-9-18-10-12)17(22)19-13-5-6-14(15(8-13)23-2)20-7-3-4-16(20)21;/h5-6,8,11-12,18H,3-4,7,9-10H2,1-2H3,(H,19,22);1H. The molecule has 0 radical (unpaired) electrons. The van der Waals surface area contributed by atoms with Gasteiger partial charge in [0, 0.05) is 30.6 Å². The SMILES string of the molecule is COc1cc(NC(=O)C(C)C2CNC2)ccc1N1CCCC1=O.Cl. The molecule has 7 heteroatoms. The second-order valence-electron chi connectivity index (χ2n) is 6.23. The van der Waals surface area contributed by atoms with Crippen molar-refractivity contribution in [1.82, 2.24) is 5.32 Å². The van der Waals surface area contributed by atoms with Gasteiger partial charge in [-0.3, -0.25) is 9.59 Å². The molecule has 0 bridgehead atoms. The summed E-state index contributed by atoms with van der Waals surface area (Å²) < 4.78 is 5.41. The molecule has 0 saturated carbocycles. The van der Waals surface area contributed by atoms with Gasteiger partial charge < -0.3 is 20.3 Å². The summed E-state index contributed by atoms with van der Waals surface area (Å²) in [5, 5.41) is 6.13. The van der Waals surface area contributed by atoms with Gasteiger partial charge in [0.25, 0.3) is 0 Å². The zero-order chi connectivity index (χ0) is 16.4. The summed E-state index contributed by atoms with van der Waals surface area (Å²) in [6.45, 7) is 4.46. The second-order valence-corrected chi connectivity index (χ2v) is 6.23. The Labute approximate surface area is 148 Å². The number of carbonyl (C=O) groups is 2. The van der Waals surface area contributed by atoms with Crippen molar-refractivity contribution in [1.29, 1.82) is 0 Å². The molecule has 6 nitrogen and oxygen atoms in total. The molecule has 24 heavy (non-hydrogen) atoms. The van der Waals surface area contributed by atoms with Gasteiger partial charge in [0.2, 0.25) is 11.8 Å². The third-order valence-electron chi connectivity index (χ3n) is 4.75. The van der Waals surface area contributed by atoms with Crippen molar-refractivity contribution in [2.45, 2.75) is 19.8 Å². The van der Waals surface area contributed by atoms with Crippen molar-refractivity contribution in [3.05, 3.63) is 18.2 Å². The van der Waals surface area contributed by atoms with E-state index in [1.165, 1.54) is 0 Å². The number of carbonyl (C=O) groups excluding carboxylic acids is 2. The van der Waals surface area contributed by atoms with E-state index in [9.17, 15) is 9.59 Å². The summed E-state index contributed by atoms with van der Waals surface area (Å²) in [7, 11) is 1.58. The number of methoxy groups -OCH3 is 1. The van der Waals surface area contributed by atoms with Gasteiger partial charge in [-0.1, -0.05) is 6.92 Å². The summed E-state index contributed by atoms with van der Waals surface area (Å²) in [6.07, 6.45) is 1.45. The Morgan fingerprint density at radius 2 is 2.17 bits per heavy atom. The molecule has 2 amide bonds. The molecule has 2 aliphatic heterocycles. The first-order chi connectivity index (χ1) is 11.1. The van der Waals surface area contributed by atoms with Crippen LogP contribution in [0.25, 0.3) is 0 Å². The predicted molar refractivity (Wildman–Crippen MR) is 96.0 cm³/mol. The van der Waals surface area contributed by atoms with Gasteiger partial charge in [0.15, 0.2) is 0 Å². The van der Waals surface area contributed by atoms with Crippen molar-refractivity contribution in [3.8, 4) is 5.75 Å². The fraction of sp³-hybridized carbons (Fsp3) is 0.529. The molecule has 2 fully saturated rings. The van der Waals surface area contributed by atoms with Crippen LogP contribution in [0.2, 0.25) is 0 Å². The monoisotopic (exact) mass is 353 g/mol. The van der Waals surface area contributed by atoms with Crippen LogP contribution in [0.3, 0.4) is 0 Å². The number of anilines is 2. The fourth-order valence-electron chi connectivity index (χ4n) is 3.02. The maximum atomic E-state index is 12.3. The molecule has 2 heterocycles. The summed E-state index contributed by atoms with van der Waals surface area (Å²) in [6, 6.07) is 5.45. The molecular weight excluding hydrogens is 330 g/mol. The number of ether oxygens (including phenoxy) is 1.